The van der Waals surface area contributed by atoms with Crippen LogP contribution in [-0.2, 0) is 0 Å². The third-order valence-electron chi connectivity index (χ3n) is 3.92. The van der Waals surface area contributed by atoms with Crippen LogP contribution in [0.15, 0.2) is 53.7 Å². The number of thioether (sulfide) groups is 1. The second-order valence-corrected chi connectivity index (χ2v) is 6.25. The van der Waals surface area contributed by atoms with Crippen molar-refractivity contribution in [1.82, 2.24) is 9.88 Å². The molecule has 0 spiro atoms. The van der Waals surface area contributed by atoms with E-state index in [0.717, 1.165) is 23.2 Å². The summed E-state index contributed by atoms with van der Waals surface area (Å²) in [5.41, 5.74) is 2.17. The lowest BCUT2D eigenvalue weighted by Gasteiger charge is -2.26. The molecule has 0 radical (unpaired) electrons. The molecule has 2 atom stereocenters. The summed E-state index contributed by atoms with van der Waals surface area (Å²) < 4.78 is 0. The van der Waals surface area contributed by atoms with E-state index in [4.69, 9.17) is 4.99 Å². The van der Waals surface area contributed by atoms with Crippen LogP contribution in [0, 0.1) is 0 Å². The Kier molecular flexibility index (Phi) is 3.07. The summed E-state index contributed by atoms with van der Waals surface area (Å²) in [6, 6.07) is 13.6. The molecule has 1 aromatic carbocycles. The summed E-state index contributed by atoms with van der Waals surface area (Å²) in [4.78, 5) is 11.7. The second kappa shape index (κ2) is 5.07. The van der Waals surface area contributed by atoms with Gasteiger partial charge in [0.15, 0.2) is 5.17 Å². The number of rotatable bonds is 2. The highest BCUT2D eigenvalue weighted by Gasteiger charge is 2.41. The van der Waals surface area contributed by atoms with Gasteiger partial charge in [-0.25, -0.2) is 0 Å². The van der Waals surface area contributed by atoms with Crippen molar-refractivity contribution in [2.24, 2.45) is 4.99 Å². The van der Waals surface area contributed by atoms with Gasteiger partial charge >= 0.3 is 0 Å². The Morgan fingerprint density at radius 1 is 1.14 bits per heavy atom. The lowest BCUT2D eigenvalue weighted by atomic mass is 9.96. The van der Waals surface area contributed by atoms with Gasteiger partial charge in [-0.2, -0.15) is 0 Å². The van der Waals surface area contributed by atoms with E-state index < -0.39 is 0 Å². The smallest absolute Gasteiger partial charge is 0.160 e. The highest BCUT2D eigenvalue weighted by Crippen LogP contribution is 2.45. The number of phenols is 1. The quantitative estimate of drug-likeness (QED) is 0.926. The zero-order valence-corrected chi connectivity index (χ0v) is 12.2. The molecule has 3 heterocycles. The van der Waals surface area contributed by atoms with E-state index in [1.807, 2.05) is 48.3 Å². The average Bonchev–Trinajstić information content (AvgIpc) is 3.10. The molecule has 0 amide bonds. The molecular weight excluding hydrogens is 282 g/mol. The molecule has 0 aliphatic carbocycles. The average molecular weight is 297 g/mol. The van der Waals surface area contributed by atoms with Gasteiger partial charge in [-0.1, -0.05) is 30.0 Å². The molecule has 1 fully saturated rings. The molecule has 0 saturated carbocycles. The third kappa shape index (κ3) is 2.17. The Bertz CT molecular complexity index is 672. The Labute approximate surface area is 127 Å². The van der Waals surface area contributed by atoms with Crippen molar-refractivity contribution in [2.45, 2.75) is 12.1 Å². The van der Waals surface area contributed by atoms with Crippen molar-refractivity contribution in [2.75, 3.05) is 12.3 Å². The molecule has 1 N–H and O–H groups in total. The number of aromatic hydroxyl groups is 1. The molecule has 1 saturated heterocycles. The number of fused-ring (bicyclic) bond motifs is 1. The molecule has 1 aromatic heterocycles. The van der Waals surface area contributed by atoms with E-state index in [9.17, 15) is 5.11 Å². The van der Waals surface area contributed by atoms with E-state index in [1.165, 1.54) is 5.56 Å². The molecule has 0 bridgehead atoms. The minimum atomic E-state index is 0.0264. The van der Waals surface area contributed by atoms with Gasteiger partial charge in [0.1, 0.15) is 11.8 Å². The van der Waals surface area contributed by atoms with Crippen molar-refractivity contribution in [3.63, 3.8) is 0 Å². The van der Waals surface area contributed by atoms with E-state index in [1.54, 1.807) is 12.1 Å². The lowest BCUT2D eigenvalue weighted by molar-refractivity contribution is 0.332. The fourth-order valence-corrected chi connectivity index (χ4v) is 3.99. The lowest BCUT2D eigenvalue weighted by Crippen LogP contribution is -2.27. The predicted octanol–water partition coefficient (Wildman–Crippen LogP) is 2.99. The van der Waals surface area contributed by atoms with Crippen LogP contribution in [0.4, 0.5) is 0 Å². The van der Waals surface area contributed by atoms with Gasteiger partial charge in [0.05, 0.1) is 11.7 Å². The first-order valence-electron chi connectivity index (χ1n) is 7.00. The summed E-state index contributed by atoms with van der Waals surface area (Å²) in [7, 11) is 0. The molecule has 21 heavy (non-hydrogen) atoms. The molecule has 4 nitrogen and oxygen atoms in total. The molecule has 5 heteroatoms. The van der Waals surface area contributed by atoms with Crippen LogP contribution < -0.4 is 0 Å². The van der Waals surface area contributed by atoms with Gasteiger partial charge < -0.3 is 10.0 Å². The number of nitrogens with zero attached hydrogens (tertiary/aromatic N) is 3. The van der Waals surface area contributed by atoms with Crippen LogP contribution in [0.25, 0.3) is 0 Å². The van der Waals surface area contributed by atoms with E-state index >= 15 is 0 Å². The van der Waals surface area contributed by atoms with Crippen LogP contribution in [0.3, 0.4) is 0 Å². The summed E-state index contributed by atoms with van der Waals surface area (Å²) in [5, 5.41) is 10.6. The van der Waals surface area contributed by atoms with E-state index in [-0.39, 0.29) is 12.1 Å². The van der Waals surface area contributed by atoms with Crippen molar-refractivity contribution in [3.8, 4) is 5.75 Å². The number of hydrogen-bond acceptors (Lipinski definition) is 5. The Morgan fingerprint density at radius 3 is 2.76 bits per heavy atom. The number of phenolic OH excluding ortho intramolecular Hbond substituents is 1. The Hall–Kier alpha value is -2.01. The maximum atomic E-state index is 9.51. The topological polar surface area (TPSA) is 48.7 Å². The zero-order valence-electron chi connectivity index (χ0n) is 11.4. The van der Waals surface area contributed by atoms with Gasteiger partial charge in [-0.05, 0) is 29.8 Å². The van der Waals surface area contributed by atoms with Crippen molar-refractivity contribution in [1.29, 1.82) is 0 Å². The molecule has 0 unspecified atom stereocenters. The maximum Gasteiger partial charge on any atom is 0.160 e. The van der Waals surface area contributed by atoms with Crippen LogP contribution >= 0.6 is 11.8 Å². The summed E-state index contributed by atoms with van der Waals surface area (Å²) in [6.45, 7) is 1.01. The molecule has 106 valence electrons. The Morgan fingerprint density at radius 2 is 2.00 bits per heavy atom. The molecule has 2 aliphatic rings. The fourth-order valence-electron chi connectivity index (χ4n) is 2.96. The van der Waals surface area contributed by atoms with E-state index in [2.05, 4.69) is 9.88 Å². The van der Waals surface area contributed by atoms with Gasteiger partial charge in [0.2, 0.25) is 0 Å². The predicted molar refractivity (Wildman–Crippen MR) is 84.4 cm³/mol. The first-order chi connectivity index (χ1) is 10.3. The first-order valence-corrected chi connectivity index (χ1v) is 7.98. The fraction of sp³-hybridized carbons (Fsp3) is 0.250. The van der Waals surface area contributed by atoms with Gasteiger partial charge in [0.25, 0.3) is 0 Å². The van der Waals surface area contributed by atoms with Gasteiger partial charge in [0, 0.05) is 18.5 Å². The van der Waals surface area contributed by atoms with Crippen molar-refractivity contribution in [3.05, 3.63) is 59.9 Å². The number of amidine groups is 1. The third-order valence-corrected chi connectivity index (χ3v) is 4.90. The minimum absolute atomic E-state index is 0.0264. The SMILES string of the molecule is Oc1ccc([C@@H]2[C@@H](c3ccccn3)N=C3SCCN32)cc1. The van der Waals surface area contributed by atoms with Crippen molar-refractivity contribution < 1.29 is 5.11 Å². The summed E-state index contributed by atoms with van der Waals surface area (Å²) >= 11 is 1.81. The van der Waals surface area contributed by atoms with Crippen LogP contribution in [0.2, 0.25) is 0 Å². The summed E-state index contributed by atoms with van der Waals surface area (Å²) in [6.07, 6.45) is 1.82. The monoisotopic (exact) mass is 297 g/mol. The Balaban J connectivity index is 1.77. The standard InChI is InChI=1S/C16H15N3OS/c20-12-6-4-11(5-7-12)15-14(13-3-1-2-8-17-13)18-16-19(15)9-10-21-16/h1-8,14-15,20H,9-10H2/t14-,15-/m1/s1. The van der Waals surface area contributed by atoms with Crippen LogP contribution in [0.1, 0.15) is 23.3 Å². The van der Waals surface area contributed by atoms with Gasteiger partial charge in [-0.15, -0.1) is 0 Å². The minimum Gasteiger partial charge on any atom is -0.508 e. The van der Waals surface area contributed by atoms with Crippen LogP contribution in [-0.4, -0.2) is 32.5 Å². The van der Waals surface area contributed by atoms with E-state index in [0.29, 0.717) is 5.75 Å². The molecule has 2 aliphatic heterocycles. The largest absolute Gasteiger partial charge is 0.508 e. The maximum absolute atomic E-state index is 9.51. The number of hydrogen-bond donors (Lipinski definition) is 1. The second-order valence-electron chi connectivity index (χ2n) is 5.19. The summed E-state index contributed by atoms with van der Waals surface area (Å²) in [5.74, 6) is 1.38. The number of aromatic nitrogens is 1. The number of pyridine rings is 1. The van der Waals surface area contributed by atoms with Gasteiger partial charge in [-0.3, -0.25) is 9.98 Å². The molecule has 4 rings (SSSR count). The highest BCUT2D eigenvalue weighted by molar-refractivity contribution is 8.14. The zero-order chi connectivity index (χ0) is 14.2. The normalized spacial score (nSPS) is 24.0. The molecular formula is C16H15N3OS. The number of benzene rings is 1. The van der Waals surface area contributed by atoms with Crippen molar-refractivity contribution >= 4 is 16.9 Å². The first kappa shape index (κ1) is 12.7. The highest BCUT2D eigenvalue weighted by atomic mass is 32.2. The van der Waals surface area contributed by atoms with Crippen LogP contribution in [0.5, 0.6) is 5.75 Å². The molecule has 2 aromatic rings. The number of aliphatic imine (C=N–C) groups is 1.